The van der Waals surface area contributed by atoms with Crippen LogP contribution in [0.25, 0.3) is 6.08 Å². The molecule has 6 heteroatoms. The van der Waals surface area contributed by atoms with Gasteiger partial charge in [-0.2, -0.15) is 0 Å². The maximum atomic E-state index is 12.0. The molecule has 1 rings (SSSR count). The van der Waals surface area contributed by atoms with Gasteiger partial charge in [0.1, 0.15) is 0 Å². The van der Waals surface area contributed by atoms with Crippen LogP contribution in [-0.4, -0.2) is 36.2 Å². The third-order valence-corrected chi connectivity index (χ3v) is 3.04. The smallest absolute Gasteiger partial charge is 0.335 e. The number of carbonyl (C=O) groups is 3. The molecule has 0 aliphatic rings. The second-order valence-corrected chi connectivity index (χ2v) is 5.10. The van der Waals surface area contributed by atoms with E-state index in [1.54, 1.807) is 18.2 Å². The topological polar surface area (TPSA) is 89.9 Å². The van der Waals surface area contributed by atoms with E-state index in [0.717, 1.165) is 0 Å². The quantitative estimate of drug-likeness (QED) is 0.551. The first-order valence-electron chi connectivity index (χ1n) is 7.84. The van der Waals surface area contributed by atoms with Crippen molar-refractivity contribution in [1.82, 2.24) is 0 Å². The average molecular weight is 334 g/mol. The van der Waals surface area contributed by atoms with Gasteiger partial charge in [0.25, 0.3) is 0 Å². The summed E-state index contributed by atoms with van der Waals surface area (Å²) in [6.45, 7) is 4.18. The highest BCUT2D eigenvalue weighted by Crippen LogP contribution is 2.12. The first kappa shape index (κ1) is 19.4. The summed E-state index contributed by atoms with van der Waals surface area (Å²) >= 11 is 0. The molecule has 0 radical (unpaired) electrons. The van der Waals surface area contributed by atoms with Crippen LogP contribution in [0.3, 0.4) is 0 Å². The Kier molecular flexibility index (Phi) is 8.25. The Bertz CT molecular complexity index is 568. The molecular weight excluding hydrogens is 312 g/mol. The molecule has 130 valence electrons. The molecule has 0 aromatic heterocycles. The lowest BCUT2D eigenvalue weighted by atomic mass is 10.1. The fraction of sp³-hybridized carbons (Fsp3) is 0.389. The molecule has 1 aromatic rings. The van der Waals surface area contributed by atoms with Gasteiger partial charge < -0.3 is 14.6 Å². The summed E-state index contributed by atoms with van der Waals surface area (Å²) < 4.78 is 10.0. The van der Waals surface area contributed by atoms with Crippen LogP contribution in [0.4, 0.5) is 0 Å². The Morgan fingerprint density at radius 2 is 1.50 bits per heavy atom. The van der Waals surface area contributed by atoms with E-state index in [-0.39, 0.29) is 18.8 Å². The molecule has 0 aliphatic carbocycles. The van der Waals surface area contributed by atoms with Crippen molar-refractivity contribution in [2.45, 2.75) is 26.7 Å². The van der Waals surface area contributed by atoms with Crippen molar-refractivity contribution in [1.29, 1.82) is 0 Å². The maximum absolute atomic E-state index is 12.0. The summed E-state index contributed by atoms with van der Waals surface area (Å²) in [5.74, 6) is -3.47. The van der Waals surface area contributed by atoms with Gasteiger partial charge in [-0.25, -0.2) is 4.79 Å². The number of carboxylic acid groups (broad SMARTS) is 1. The molecule has 0 atom stereocenters. The Labute approximate surface area is 141 Å². The van der Waals surface area contributed by atoms with Gasteiger partial charge in [0.15, 0.2) is 5.92 Å². The van der Waals surface area contributed by atoms with E-state index < -0.39 is 23.8 Å². The van der Waals surface area contributed by atoms with E-state index in [0.29, 0.717) is 18.4 Å². The number of esters is 2. The molecule has 0 saturated carbocycles. The molecule has 1 aromatic carbocycles. The van der Waals surface area contributed by atoms with Gasteiger partial charge in [-0.05, 0) is 30.5 Å². The Hall–Kier alpha value is -2.63. The van der Waals surface area contributed by atoms with E-state index in [1.807, 2.05) is 13.8 Å². The van der Waals surface area contributed by atoms with Gasteiger partial charge in [0, 0.05) is 0 Å². The maximum Gasteiger partial charge on any atom is 0.335 e. The summed E-state index contributed by atoms with van der Waals surface area (Å²) in [6.07, 6.45) is 4.29. The van der Waals surface area contributed by atoms with E-state index >= 15 is 0 Å². The SMILES string of the molecule is CCCOC(=O)C(/C=C/c1ccc(C(=O)O)cc1)C(=O)OCCC. The lowest BCUT2D eigenvalue weighted by molar-refractivity contribution is -0.159. The first-order chi connectivity index (χ1) is 11.5. The van der Waals surface area contributed by atoms with Gasteiger partial charge in [0.2, 0.25) is 0 Å². The van der Waals surface area contributed by atoms with Crippen LogP contribution in [0, 0.1) is 5.92 Å². The van der Waals surface area contributed by atoms with Crippen molar-refractivity contribution < 1.29 is 29.0 Å². The minimum absolute atomic E-state index is 0.161. The molecule has 0 unspecified atom stereocenters. The summed E-state index contributed by atoms with van der Waals surface area (Å²) in [6, 6.07) is 6.07. The Balaban J connectivity index is 2.87. The van der Waals surface area contributed by atoms with Gasteiger partial charge in [0.05, 0.1) is 18.8 Å². The monoisotopic (exact) mass is 334 g/mol. The summed E-state index contributed by atoms with van der Waals surface area (Å²) in [5.41, 5.74) is 0.824. The molecule has 0 bridgehead atoms. The van der Waals surface area contributed by atoms with Crippen LogP contribution >= 0.6 is 0 Å². The van der Waals surface area contributed by atoms with Crippen LogP contribution in [0.1, 0.15) is 42.6 Å². The molecule has 6 nitrogen and oxygen atoms in total. The Morgan fingerprint density at radius 3 is 1.92 bits per heavy atom. The van der Waals surface area contributed by atoms with Gasteiger partial charge in [-0.1, -0.05) is 38.1 Å². The zero-order chi connectivity index (χ0) is 17.9. The van der Waals surface area contributed by atoms with Gasteiger partial charge in [-0.15, -0.1) is 0 Å². The van der Waals surface area contributed by atoms with E-state index in [1.165, 1.54) is 18.2 Å². The van der Waals surface area contributed by atoms with Gasteiger partial charge in [-0.3, -0.25) is 9.59 Å². The predicted octanol–water partition coefficient (Wildman–Crippen LogP) is 2.92. The molecule has 0 saturated heterocycles. The third-order valence-electron chi connectivity index (χ3n) is 3.04. The fourth-order valence-electron chi connectivity index (χ4n) is 1.78. The number of benzene rings is 1. The van der Waals surface area contributed by atoms with Crippen LogP contribution in [-0.2, 0) is 19.1 Å². The predicted molar refractivity (Wildman–Crippen MR) is 88.4 cm³/mol. The largest absolute Gasteiger partial charge is 0.478 e. The van der Waals surface area contributed by atoms with Crippen LogP contribution in [0.15, 0.2) is 30.3 Å². The van der Waals surface area contributed by atoms with Crippen molar-refractivity contribution >= 4 is 24.0 Å². The highest BCUT2D eigenvalue weighted by Gasteiger charge is 2.26. The molecule has 0 heterocycles. The molecule has 1 N–H and O–H groups in total. The van der Waals surface area contributed by atoms with Crippen molar-refractivity contribution in [2.75, 3.05) is 13.2 Å². The fourth-order valence-corrected chi connectivity index (χ4v) is 1.78. The van der Waals surface area contributed by atoms with Crippen LogP contribution in [0.5, 0.6) is 0 Å². The van der Waals surface area contributed by atoms with E-state index in [2.05, 4.69) is 0 Å². The second kappa shape index (κ2) is 10.2. The van der Waals surface area contributed by atoms with Crippen molar-refractivity contribution in [3.8, 4) is 0 Å². The van der Waals surface area contributed by atoms with E-state index in [4.69, 9.17) is 14.6 Å². The molecule has 24 heavy (non-hydrogen) atoms. The lowest BCUT2D eigenvalue weighted by Gasteiger charge is -2.11. The number of carboxylic acids is 1. The number of hydrogen-bond donors (Lipinski definition) is 1. The molecule has 0 fully saturated rings. The minimum atomic E-state index is -1.14. The minimum Gasteiger partial charge on any atom is -0.478 e. The average Bonchev–Trinajstić information content (AvgIpc) is 2.58. The van der Waals surface area contributed by atoms with Crippen LogP contribution in [0.2, 0.25) is 0 Å². The zero-order valence-electron chi connectivity index (χ0n) is 13.9. The molecule has 0 aliphatic heterocycles. The number of carbonyl (C=O) groups excluding carboxylic acids is 2. The highest BCUT2D eigenvalue weighted by atomic mass is 16.6. The van der Waals surface area contributed by atoms with E-state index in [9.17, 15) is 14.4 Å². The Morgan fingerprint density at radius 1 is 1.00 bits per heavy atom. The number of rotatable bonds is 9. The highest BCUT2D eigenvalue weighted by molar-refractivity contribution is 5.97. The summed E-state index contributed by atoms with van der Waals surface area (Å²) in [5, 5.41) is 8.86. The number of aromatic carboxylic acids is 1. The summed E-state index contributed by atoms with van der Waals surface area (Å²) in [4.78, 5) is 34.9. The first-order valence-corrected chi connectivity index (χ1v) is 7.84. The van der Waals surface area contributed by atoms with Crippen LogP contribution < -0.4 is 0 Å². The summed E-state index contributed by atoms with van der Waals surface area (Å²) in [7, 11) is 0. The zero-order valence-corrected chi connectivity index (χ0v) is 13.9. The molecule has 0 spiro atoms. The lowest BCUT2D eigenvalue weighted by Crippen LogP contribution is -2.26. The standard InChI is InChI=1S/C18H22O6/c1-3-11-23-17(21)15(18(22)24-12-4-2)10-7-13-5-8-14(9-6-13)16(19)20/h5-10,15H,3-4,11-12H2,1-2H3,(H,19,20)/b10-7+. The normalized spacial score (nSPS) is 10.8. The third kappa shape index (κ3) is 6.24. The van der Waals surface area contributed by atoms with Crippen molar-refractivity contribution in [3.05, 3.63) is 41.5 Å². The number of hydrogen-bond acceptors (Lipinski definition) is 5. The molecular formula is C18H22O6. The van der Waals surface area contributed by atoms with Crippen molar-refractivity contribution in [3.63, 3.8) is 0 Å². The second-order valence-electron chi connectivity index (χ2n) is 5.10. The number of ether oxygens (including phenoxy) is 2. The van der Waals surface area contributed by atoms with Gasteiger partial charge >= 0.3 is 17.9 Å². The van der Waals surface area contributed by atoms with Crippen molar-refractivity contribution in [2.24, 2.45) is 5.92 Å². The molecule has 0 amide bonds.